The summed E-state index contributed by atoms with van der Waals surface area (Å²) in [6, 6.07) is 8.38. The van der Waals surface area contributed by atoms with Gasteiger partial charge in [0.1, 0.15) is 0 Å². The first-order chi connectivity index (χ1) is 12.1. The van der Waals surface area contributed by atoms with E-state index in [0.717, 1.165) is 43.8 Å². The largest absolute Gasteiger partial charge is 0.383 e. The first-order valence-electron chi connectivity index (χ1n) is 8.92. The molecular weight excluding hydrogens is 316 g/mol. The molecule has 1 N–H and O–H groups in total. The second-order valence-electron chi connectivity index (χ2n) is 6.84. The van der Waals surface area contributed by atoms with Crippen LogP contribution in [0.3, 0.4) is 0 Å². The van der Waals surface area contributed by atoms with E-state index < -0.39 is 0 Å². The van der Waals surface area contributed by atoms with Crippen molar-refractivity contribution in [2.45, 2.75) is 25.9 Å². The number of hydrogen-bond donors (Lipinski definition) is 1. The van der Waals surface area contributed by atoms with Gasteiger partial charge in [-0.15, -0.1) is 0 Å². The molecule has 136 valence electrons. The van der Waals surface area contributed by atoms with E-state index in [2.05, 4.69) is 41.0 Å². The van der Waals surface area contributed by atoms with Crippen molar-refractivity contribution in [2.24, 2.45) is 0 Å². The molecule has 1 unspecified atom stereocenters. The number of ether oxygens (including phenoxy) is 1. The second-order valence-corrected chi connectivity index (χ2v) is 6.84. The topological polar surface area (TPSA) is 49.7 Å². The maximum absolute atomic E-state index is 12.7. The molecule has 1 aliphatic rings. The van der Waals surface area contributed by atoms with Gasteiger partial charge in [0.25, 0.3) is 0 Å². The number of aromatic nitrogens is 1. The first-order valence-corrected chi connectivity index (χ1v) is 8.92. The highest BCUT2D eigenvalue weighted by molar-refractivity contribution is 5.93. The van der Waals surface area contributed by atoms with Crippen molar-refractivity contribution < 1.29 is 9.53 Å². The van der Waals surface area contributed by atoms with Crippen LogP contribution >= 0.6 is 0 Å². The van der Waals surface area contributed by atoms with Crippen molar-refractivity contribution in [2.75, 3.05) is 45.7 Å². The molecule has 6 heteroatoms. The Labute approximate surface area is 149 Å². The minimum atomic E-state index is -0.0165. The summed E-state index contributed by atoms with van der Waals surface area (Å²) < 4.78 is 7.32. The molecule has 0 bridgehead atoms. The van der Waals surface area contributed by atoms with Gasteiger partial charge in [0.2, 0.25) is 0 Å². The Kier molecular flexibility index (Phi) is 5.60. The molecule has 25 heavy (non-hydrogen) atoms. The van der Waals surface area contributed by atoms with Crippen molar-refractivity contribution in [3.8, 4) is 0 Å². The molecular formula is C19H28N4O2. The number of nitrogens with one attached hydrogen (secondary N) is 1. The number of rotatable bonds is 4. The van der Waals surface area contributed by atoms with Crippen molar-refractivity contribution in [3.63, 3.8) is 0 Å². The number of anilines is 1. The summed E-state index contributed by atoms with van der Waals surface area (Å²) in [4.78, 5) is 17.0. The molecule has 2 aromatic rings. The third-order valence-electron chi connectivity index (χ3n) is 5.01. The zero-order valence-electron chi connectivity index (χ0n) is 15.4. The summed E-state index contributed by atoms with van der Waals surface area (Å²) in [6.07, 6.45) is 3.06. The normalized spacial score (nSPS) is 19.2. The molecule has 1 atom stereocenters. The van der Waals surface area contributed by atoms with Gasteiger partial charge in [-0.1, -0.05) is 6.07 Å². The van der Waals surface area contributed by atoms with Gasteiger partial charge >= 0.3 is 6.03 Å². The summed E-state index contributed by atoms with van der Waals surface area (Å²) in [5, 5.41) is 4.24. The fraction of sp³-hybridized carbons (Fsp3) is 0.526. The molecule has 2 heterocycles. The Morgan fingerprint density at radius 1 is 1.28 bits per heavy atom. The van der Waals surface area contributed by atoms with Crippen LogP contribution < -0.4 is 5.32 Å². The standard InChI is InChI=1S/C19H28N4O2/c1-15-6-8-21(2)10-11-23(15)19(24)20-17-5-4-16-7-9-22(12-13-25-3)18(16)14-17/h4-5,7,9,14-15H,6,8,10-13H2,1-3H3,(H,20,24). The zero-order chi connectivity index (χ0) is 17.8. The monoisotopic (exact) mass is 344 g/mol. The number of fused-ring (bicyclic) bond motifs is 1. The van der Waals surface area contributed by atoms with Crippen LogP contribution in [0.15, 0.2) is 30.5 Å². The Morgan fingerprint density at radius 2 is 2.12 bits per heavy atom. The number of carbonyl (C=O) groups is 1. The van der Waals surface area contributed by atoms with Crippen LogP contribution in [0.1, 0.15) is 13.3 Å². The number of nitrogens with zero attached hydrogens (tertiary/aromatic N) is 3. The summed E-state index contributed by atoms with van der Waals surface area (Å²) in [7, 11) is 3.81. The molecule has 3 rings (SSSR count). The Hall–Kier alpha value is -2.05. The first kappa shape index (κ1) is 17.8. The summed E-state index contributed by atoms with van der Waals surface area (Å²) in [6.45, 7) is 6.29. The lowest BCUT2D eigenvalue weighted by Crippen LogP contribution is -2.42. The molecule has 1 aromatic carbocycles. The van der Waals surface area contributed by atoms with Gasteiger partial charge in [-0.05, 0) is 50.5 Å². The maximum Gasteiger partial charge on any atom is 0.322 e. The smallest absolute Gasteiger partial charge is 0.322 e. The van der Waals surface area contributed by atoms with Gasteiger partial charge < -0.3 is 24.4 Å². The van der Waals surface area contributed by atoms with Crippen LogP contribution in [-0.4, -0.2) is 66.8 Å². The van der Waals surface area contributed by atoms with E-state index in [9.17, 15) is 4.79 Å². The number of urea groups is 1. The van der Waals surface area contributed by atoms with E-state index in [1.807, 2.05) is 23.1 Å². The molecule has 1 aromatic heterocycles. The molecule has 1 fully saturated rings. The number of methoxy groups -OCH3 is 1. The van der Waals surface area contributed by atoms with Crippen LogP contribution in [0.25, 0.3) is 10.9 Å². The maximum atomic E-state index is 12.7. The van der Waals surface area contributed by atoms with E-state index in [4.69, 9.17) is 4.74 Å². The van der Waals surface area contributed by atoms with Gasteiger partial charge in [-0.2, -0.15) is 0 Å². The number of likely N-dealkylation sites (N-methyl/N-ethyl adjacent to an activating group) is 1. The van der Waals surface area contributed by atoms with E-state index >= 15 is 0 Å². The number of hydrogen-bond acceptors (Lipinski definition) is 3. The number of carbonyl (C=O) groups excluding carboxylic acids is 1. The quantitative estimate of drug-likeness (QED) is 0.928. The summed E-state index contributed by atoms with van der Waals surface area (Å²) in [5.41, 5.74) is 1.94. The van der Waals surface area contributed by atoms with E-state index in [0.29, 0.717) is 6.61 Å². The zero-order valence-corrected chi connectivity index (χ0v) is 15.4. The SMILES string of the molecule is COCCn1ccc2ccc(NC(=O)N3CCN(C)CCC3C)cc21. The number of benzene rings is 1. The highest BCUT2D eigenvalue weighted by Crippen LogP contribution is 2.21. The minimum Gasteiger partial charge on any atom is -0.383 e. The predicted molar refractivity (Wildman–Crippen MR) is 101 cm³/mol. The highest BCUT2D eigenvalue weighted by Gasteiger charge is 2.23. The Bertz CT molecular complexity index is 727. The predicted octanol–water partition coefficient (Wildman–Crippen LogP) is 2.85. The second kappa shape index (κ2) is 7.89. The fourth-order valence-corrected chi connectivity index (χ4v) is 3.32. The Balaban J connectivity index is 1.74. The fourth-order valence-electron chi connectivity index (χ4n) is 3.32. The molecule has 2 amide bonds. The third-order valence-corrected chi connectivity index (χ3v) is 5.01. The van der Waals surface area contributed by atoms with Crippen molar-refractivity contribution in [1.29, 1.82) is 0 Å². The molecule has 0 saturated carbocycles. The van der Waals surface area contributed by atoms with E-state index in [-0.39, 0.29) is 12.1 Å². The van der Waals surface area contributed by atoms with Crippen molar-refractivity contribution in [1.82, 2.24) is 14.4 Å². The van der Waals surface area contributed by atoms with Crippen LogP contribution in [-0.2, 0) is 11.3 Å². The summed E-state index contributed by atoms with van der Waals surface area (Å²) in [5.74, 6) is 0. The molecule has 0 radical (unpaired) electrons. The van der Waals surface area contributed by atoms with Crippen LogP contribution in [0, 0.1) is 0 Å². The Morgan fingerprint density at radius 3 is 2.92 bits per heavy atom. The molecule has 1 saturated heterocycles. The van der Waals surface area contributed by atoms with Gasteiger partial charge in [0, 0.05) is 44.7 Å². The average Bonchev–Trinajstić information content (AvgIpc) is 2.91. The van der Waals surface area contributed by atoms with Crippen LogP contribution in [0.4, 0.5) is 10.5 Å². The number of amides is 2. The molecule has 1 aliphatic heterocycles. The van der Waals surface area contributed by atoms with Gasteiger partial charge in [-0.3, -0.25) is 0 Å². The highest BCUT2D eigenvalue weighted by atomic mass is 16.5. The van der Waals surface area contributed by atoms with Crippen LogP contribution in [0.2, 0.25) is 0 Å². The minimum absolute atomic E-state index is 0.0165. The van der Waals surface area contributed by atoms with Crippen LogP contribution in [0.5, 0.6) is 0 Å². The lowest BCUT2D eigenvalue weighted by molar-refractivity contribution is 0.188. The van der Waals surface area contributed by atoms with Crippen molar-refractivity contribution >= 4 is 22.6 Å². The molecule has 0 aliphatic carbocycles. The molecule has 0 spiro atoms. The third kappa shape index (κ3) is 4.14. The van der Waals surface area contributed by atoms with Gasteiger partial charge in [0.15, 0.2) is 0 Å². The van der Waals surface area contributed by atoms with E-state index in [1.165, 1.54) is 5.39 Å². The van der Waals surface area contributed by atoms with Gasteiger partial charge in [0.05, 0.1) is 12.1 Å². The lowest BCUT2D eigenvalue weighted by Gasteiger charge is -2.27. The molecule has 6 nitrogen and oxygen atoms in total. The van der Waals surface area contributed by atoms with Gasteiger partial charge in [-0.25, -0.2) is 4.79 Å². The van der Waals surface area contributed by atoms with E-state index in [1.54, 1.807) is 7.11 Å². The summed E-state index contributed by atoms with van der Waals surface area (Å²) >= 11 is 0. The average molecular weight is 344 g/mol. The lowest BCUT2D eigenvalue weighted by atomic mass is 10.2. The van der Waals surface area contributed by atoms with Crippen molar-refractivity contribution in [3.05, 3.63) is 30.5 Å².